The molecule has 2 aromatic carbocycles. The van der Waals surface area contributed by atoms with E-state index in [1.54, 1.807) is 6.07 Å². The summed E-state index contributed by atoms with van der Waals surface area (Å²) >= 11 is 0. The lowest BCUT2D eigenvalue weighted by molar-refractivity contribution is -0.137. The number of hydrogen-bond acceptors (Lipinski definition) is 1. The molecule has 0 bridgehead atoms. The van der Waals surface area contributed by atoms with E-state index < -0.39 is 11.7 Å². The predicted octanol–water partition coefficient (Wildman–Crippen LogP) is 6.08. The molecular weight excluding hydrogens is 385 g/mol. The van der Waals surface area contributed by atoms with Gasteiger partial charge in [0.2, 0.25) is 0 Å². The third-order valence-corrected chi connectivity index (χ3v) is 6.57. The number of benzene rings is 2. The van der Waals surface area contributed by atoms with Crippen molar-refractivity contribution in [2.24, 2.45) is 5.92 Å². The van der Waals surface area contributed by atoms with Gasteiger partial charge in [0.15, 0.2) is 0 Å². The molecule has 5 rings (SSSR count). The first-order valence-corrected chi connectivity index (χ1v) is 10.6. The number of aryl methyl sites for hydroxylation is 1. The van der Waals surface area contributed by atoms with Gasteiger partial charge in [-0.15, -0.1) is 0 Å². The molecule has 1 N–H and O–H groups in total. The quantitative estimate of drug-likeness (QED) is 0.554. The fourth-order valence-electron chi connectivity index (χ4n) is 4.99. The van der Waals surface area contributed by atoms with Crippen LogP contribution in [0.4, 0.5) is 13.2 Å². The highest BCUT2D eigenvalue weighted by molar-refractivity contribution is 5.85. The molecule has 1 aliphatic carbocycles. The molecule has 1 atom stereocenters. The van der Waals surface area contributed by atoms with Crippen LogP contribution in [0.15, 0.2) is 54.6 Å². The molecule has 2 nitrogen and oxygen atoms in total. The van der Waals surface area contributed by atoms with Gasteiger partial charge in [-0.3, -0.25) is 4.90 Å². The highest BCUT2D eigenvalue weighted by atomic mass is 19.4. The minimum absolute atomic E-state index is 0.547. The van der Waals surface area contributed by atoms with E-state index in [-0.39, 0.29) is 0 Å². The Morgan fingerprint density at radius 3 is 2.60 bits per heavy atom. The Balaban J connectivity index is 1.28. The molecule has 1 aliphatic heterocycles. The molecule has 3 aromatic rings. The Morgan fingerprint density at radius 2 is 1.87 bits per heavy atom. The summed E-state index contributed by atoms with van der Waals surface area (Å²) in [6.45, 7) is 3.08. The lowest BCUT2D eigenvalue weighted by Crippen LogP contribution is -2.35. The Morgan fingerprint density at radius 1 is 1.03 bits per heavy atom. The summed E-state index contributed by atoms with van der Waals surface area (Å²) in [4.78, 5) is 5.77. The van der Waals surface area contributed by atoms with E-state index >= 15 is 0 Å². The smallest absolute Gasteiger partial charge is 0.358 e. The lowest BCUT2D eigenvalue weighted by atomic mass is 9.85. The van der Waals surface area contributed by atoms with E-state index in [2.05, 4.69) is 40.2 Å². The summed E-state index contributed by atoms with van der Waals surface area (Å²) in [5, 5.41) is 0.951. The second kappa shape index (κ2) is 7.62. The fourth-order valence-corrected chi connectivity index (χ4v) is 4.99. The van der Waals surface area contributed by atoms with Gasteiger partial charge in [-0.2, -0.15) is 13.2 Å². The topological polar surface area (TPSA) is 19.0 Å². The second-order valence-electron chi connectivity index (χ2n) is 8.55. The van der Waals surface area contributed by atoms with Crippen LogP contribution in [-0.4, -0.2) is 29.5 Å². The zero-order valence-corrected chi connectivity index (χ0v) is 16.8. The summed E-state index contributed by atoms with van der Waals surface area (Å²) in [6.07, 6.45) is 2.04. The van der Waals surface area contributed by atoms with Gasteiger partial charge in [0.25, 0.3) is 0 Å². The number of rotatable bonds is 3. The van der Waals surface area contributed by atoms with E-state index in [1.807, 2.05) is 6.07 Å². The molecule has 2 aliphatic rings. The van der Waals surface area contributed by atoms with Crippen LogP contribution < -0.4 is 0 Å². The maximum Gasteiger partial charge on any atom is 0.416 e. The van der Waals surface area contributed by atoms with Crippen LogP contribution in [0.3, 0.4) is 0 Å². The maximum atomic E-state index is 13.0. The van der Waals surface area contributed by atoms with Crippen molar-refractivity contribution >= 4 is 16.5 Å². The number of nitrogens with zero attached hydrogens (tertiary/aromatic N) is 1. The van der Waals surface area contributed by atoms with Gasteiger partial charge in [-0.1, -0.05) is 42.5 Å². The van der Waals surface area contributed by atoms with Crippen LogP contribution in [0.1, 0.15) is 35.2 Å². The summed E-state index contributed by atoms with van der Waals surface area (Å²) in [5.41, 5.74) is 5.10. The second-order valence-corrected chi connectivity index (χ2v) is 8.55. The van der Waals surface area contributed by atoms with Gasteiger partial charge < -0.3 is 4.98 Å². The summed E-state index contributed by atoms with van der Waals surface area (Å²) in [5.74, 6) is 0.547. The van der Waals surface area contributed by atoms with Gasteiger partial charge in [-0.05, 0) is 60.4 Å². The molecular formula is C25H25F3N2. The van der Waals surface area contributed by atoms with Crippen LogP contribution in [-0.2, 0) is 19.0 Å². The molecule has 0 saturated heterocycles. The molecule has 1 unspecified atom stereocenters. The number of halogens is 3. The maximum absolute atomic E-state index is 13.0. The summed E-state index contributed by atoms with van der Waals surface area (Å²) in [7, 11) is 0. The molecule has 0 radical (unpaired) electrons. The highest BCUT2D eigenvalue weighted by Crippen LogP contribution is 2.36. The van der Waals surface area contributed by atoms with Crippen molar-refractivity contribution in [2.45, 2.75) is 31.9 Å². The van der Waals surface area contributed by atoms with Gasteiger partial charge in [-0.25, -0.2) is 0 Å². The zero-order chi connectivity index (χ0) is 20.7. The van der Waals surface area contributed by atoms with Crippen LogP contribution in [0.5, 0.6) is 0 Å². The lowest BCUT2D eigenvalue weighted by Gasteiger charge is -2.32. The molecule has 30 heavy (non-hydrogen) atoms. The van der Waals surface area contributed by atoms with E-state index in [0.717, 1.165) is 56.4 Å². The average Bonchev–Trinajstić information content (AvgIpc) is 3.12. The molecule has 5 heteroatoms. The number of fused-ring (bicyclic) bond motifs is 3. The zero-order valence-electron chi connectivity index (χ0n) is 16.8. The van der Waals surface area contributed by atoms with Crippen molar-refractivity contribution in [2.75, 3.05) is 19.6 Å². The molecule has 0 fully saturated rings. The van der Waals surface area contributed by atoms with Crippen LogP contribution in [0.2, 0.25) is 0 Å². The average molecular weight is 410 g/mol. The number of alkyl halides is 3. The monoisotopic (exact) mass is 410 g/mol. The van der Waals surface area contributed by atoms with E-state index in [0.29, 0.717) is 11.4 Å². The SMILES string of the molecule is FC(F)(F)c1ccc2c3c([nH]c2c1)CCC(CN1CC=C(c2ccccc2)CC1)C3. The molecule has 0 spiro atoms. The van der Waals surface area contributed by atoms with Crippen LogP contribution in [0.25, 0.3) is 16.5 Å². The first-order valence-electron chi connectivity index (χ1n) is 10.6. The van der Waals surface area contributed by atoms with Crippen molar-refractivity contribution in [1.29, 1.82) is 0 Å². The van der Waals surface area contributed by atoms with E-state index in [1.165, 1.54) is 28.8 Å². The van der Waals surface area contributed by atoms with Gasteiger partial charge in [0.05, 0.1) is 5.56 Å². The summed E-state index contributed by atoms with van der Waals surface area (Å²) in [6, 6.07) is 14.7. The van der Waals surface area contributed by atoms with Crippen molar-refractivity contribution in [3.8, 4) is 0 Å². The minimum Gasteiger partial charge on any atom is -0.358 e. The number of nitrogens with one attached hydrogen (secondary N) is 1. The molecule has 1 aromatic heterocycles. The van der Waals surface area contributed by atoms with Gasteiger partial charge >= 0.3 is 6.18 Å². The molecule has 2 heterocycles. The fraction of sp³-hybridized carbons (Fsp3) is 0.360. The largest absolute Gasteiger partial charge is 0.416 e. The first-order chi connectivity index (χ1) is 14.5. The normalized spacial score (nSPS) is 20.2. The van der Waals surface area contributed by atoms with Crippen molar-refractivity contribution < 1.29 is 13.2 Å². The number of aromatic nitrogens is 1. The summed E-state index contributed by atoms with van der Waals surface area (Å²) < 4.78 is 39.1. The van der Waals surface area contributed by atoms with Crippen molar-refractivity contribution in [3.63, 3.8) is 0 Å². The number of H-pyrrole nitrogens is 1. The molecule has 0 saturated carbocycles. The van der Waals surface area contributed by atoms with E-state index in [4.69, 9.17) is 0 Å². The third-order valence-electron chi connectivity index (χ3n) is 6.57. The predicted molar refractivity (Wildman–Crippen MR) is 114 cm³/mol. The third kappa shape index (κ3) is 3.79. The Kier molecular flexibility index (Phi) is 4.94. The van der Waals surface area contributed by atoms with Crippen LogP contribution >= 0.6 is 0 Å². The van der Waals surface area contributed by atoms with Gasteiger partial charge in [0.1, 0.15) is 0 Å². The van der Waals surface area contributed by atoms with Gasteiger partial charge in [0, 0.05) is 36.2 Å². The molecule has 0 amide bonds. The van der Waals surface area contributed by atoms with Crippen LogP contribution in [0, 0.1) is 5.92 Å². The Labute approximate surface area is 174 Å². The number of hydrogen-bond donors (Lipinski definition) is 1. The Hall–Kier alpha value is -2.53. The standard InChI is InChI=1S/C25H25F3N2/c26-25(27,28)20-7-8-21-22-14-17(6-9-23(22)29-24(21)15-20)16-30-12-10-19(11-13-30)18-4-2-1-3-5-18/h1-5,7-8,10,15,17,29H,6,9,11-14,16H2. The van der Waals surface area contributed by atoms with Crippen molar-refractivity contribution in [1.82, 2.24) is 9.88 Å². The molecule has 156 valence electrons. The van der Waals surface area contributed by atoms with Crippen molar-refractivity contribution in [3.05, 3.63) is 77.0 Å². The minimum atomic E-state index is -4.30. The number of aromatic amines is 1. The highest BCUT2D eigenvalue weighted by Gasteiger charge is 2.31. The Bertz CT molecular complexity index is 1080. The first kappa shape index (κ1) is 19.4. The van der Waals surface area contributed by atoms with E-state index in [9.17, 15) is 13.2 Å².